The molecule has 2 aliphatic rings. The highest BCUT2D eigenvalue weighted by molar-refractivity contribution is 5.03. The van der Waals surface area contributed by atoms with Crippen LogP contribution in [-0.4, -0.2) is 74.4 Å². The standard InChI is InChI=1S/C16H33N3O/c1-6-20-15-11-14(16(15,3)4)17-13(2)12-19-9-7-18(5)8-10-19/h13-15,17H,6-12H2,1-5H3/t13-,14+,15-/m1/s1. The molecule has 0 spiro atoms. The van der Waals surface area contributed by atoms with Crippen LogP contribution in [0.2, 0.25) is 0 Å². The van der Waals surface area contributed by atoms with Crippen LogP contribution in [-0.2, 0) is 4.74 Å². The van der Waals surface area contributed by atoms with Crippen LogP contribution >= 0.6 is 0 Å². The highest BCUT2D eigenvalue weighted by Gasteiger charge is 2.48. The van der Waals surface area contributed by atoms with Crippen molar-refractivity contribution in [2.45, 2.75) is 52.3 Å². The zero-order valence-electron chi connectivity index (χ0n) is 14.0. The maximum absolute atomic E-state index is 5.81. The fraction of sp³-hybridized carbons (Fsp3) is 1.00. The summed E-state index contributed by atoms with van der Waals surface area (Å²) in [6.07, 6.45) is 1.59. The second-order valence-electron chi connectivity index (χ2n) is 7.23. The molecule has 20 heavy (non-hydrogen) atoms. The topological polar surface area (TPSA) is 27.7 Å². The van der Waals surface area contributed by atoms with E-state index >= 15 is 0 Å². The average Bonchev–Trinajstić information content (AvgIpc) is 2.40. The number of hydrogen-bond acceptors (Lipinski definition) is 4. The van der Waals surface area contributed by atoms with Crippen LogP contribution in [0.25, 0.3) is 0 Å². The van der Waals surface area contributed by atoms with Gasteiger partial charge in [-0.15, -0.1) is 0 Å². The van der Waals surface area contributed by atoms with Crippen molar-refractivity contribution in [1.29, 1.82) is 0 Å². The minimum atomic E-state index is 0.270. The predicted octanol–water partition coefficient (Wildman–Crippen LogP) is 1.42. The van der Waals surface area contributed by atoms with Gasteiger partial charge < -0.3 is 15.0 Å². The Morgan fingerprint density at radius 3 is 2.45 bits per heavy atom. The zero-order valence-corrected chi connectivity index (χ0v) is 14.0. The molecule has 0 radical (unpaired) electrons. The highest BCUT2D eigenvalue weighted by atomic mass is 16.5. The summed E-state index contributed by atoms with van der Waals surface area (Å²) in [5, 5.41) is 3.82. The molecule has 0 amide bonds. The highest BCUT2D eigenvalue weighted by Crippen LogP contribution is 2.42. The van der Waals surface area contributed by atoms with Crippen molar-refractivity contribution in [2.75, 3.05) is 46.4 Å². The number of hydrogen-bond donors (Lipinski definition) is 1. The Labute approximate surface area is 124 Å². The maximum Gasteiger partial charge on any atom is 0.0655 e. The lowest BCUT2D eigenvalue weighted by Gasteiger charge is -2.53. The van der Waals surface area contributed by atoms with Crippen LogP contribution in [0.15, 0.2) is 0 Å². The number of nitrogens with one attached hydrogen (secondary N) is 1. The molecule has 118 valence electrons. The monoisotopic (exact) mass is 283 g/mol. The third-order valence-corrected chi connectivity index (χ3v) is 5.16. The van der Waals surface area contributed by atoms with E-state index in [4.69, 9.17) is 4.74 Å². The van der Waals surface area contributed by atoms with Gasteiger partial charge in [0.15, 0.2) is 0 Å². The zero-order chi connectivity index (χ0) is 14.8. The van der Waals surface area contributed by atoms with E-state index < -0.39 is 0 Å². The van der Waals surface area contributed by atoms with Crippen molar-refractivity contribution >= 4 is 0 Å². The first-order valence-corrected chi connectivity index (χ1v) is 8.22. The first kappa shape index (κ1) is 16.2. The van der Waals surface area contributed by atoms with E-state index in [1.54, 1.807) is 0 Å². The molecule has 4 heteroatoms. The molecule has 1 aliphatic carbocycles. The van der Waals surface area contributed by atoms with Crippen molar-refractivity contribution in [1.82, 2.24) is 15.1 Å². The number of likely N-dealkylation sites (N-methyl/N-ethyl adjacent to an activating group) is 1. The minimum Gasteiger partial charge on any atom is -0.378 e. The molecule has 1 saturated carbocycles. The molecular weight excluding hydrogens is 250 g/mol. The van der Waals surface area contributed by atoms with Crippen LogP contribution in [0.5, 0.6) is 0 Å². The van der Waals surface area contributed by atoms with Gasteiger partial charge >= 0.3 is 0 Å². The molecule has 1 N–H and O–H groups in total. The van der Waals surface area contributed by atoms with Gasteiger partial charge in [-0.05, 0) is 27.3 Å². The molecule has 0 aromatic carbocycles. The lowest BCUT2D eigenvalue weighted by atomic mass is 9.64. The van der Waals surface area contributed by atoms with Crippen LogP contribution < -0.4 is 5.32 Å². The SMILES string of the molecule is CCO[C@@H]1C[C@H](N[C@H](C)CN2CCN(C)CC2)C1(C)C. The van der Waals surface area contributed by atoms with E-state index in [1.807, 2.05) is 0 Å². The van der Waals surface area contributed by atoms with Gasteiger partial charge in [0.05, 0.1) is 6.10 Å². The Kier molecular flexibility index (Phi) is 5.46. The summed E-state index contributed by atoms with van der Waals surface area (Å²) in [7, 11) is 2.21. The van der Waals surface area contributed by atoms with Crippen molar-refractivity contribution in [2.24, 2.45) is 5.41 Å². The van der Waals surface area contributed by atoms with Crippen molar-refractivity contribution in [3.8, 4) is 0 Å². The molecule has 0 bridgehead atoms. The van der Waals surface area contributed by atoms with Gasteiger partial charge in [0.2, 0.25) is 0 Å². The third kappa shape index (κ3) is 3.73. The summed E-state index contributed by atoms with van der Waals surface area (Å²) in [6, 6.07) is 1.16. The third-order valence-electron chi connectivity index (χ3n) is 5.16. The van der Waals surface area contributed by atoms with E-state index in [0.717, 1.165) is 13.0 Å². The molecule has 0 unspecified atom stereocenters. The fourth-order valence-corrected chi connectivity index (χ4v) is 3.47. The summed E-state index contributed by atoms with van der Waals surface area (Å²) < 4.78 is 5.81. The van der Waals surface area contributed by atoms with E-state index in [9.17, 15) is 0 Å². The summed E-state index contributed by atoms with van der Waals surface area (Å²) >= 11 is 0. The number of rotatable bonds is 6. The van der Waals surface area contributed by atoms with Crippen LogP contribution in [0.3, 0.4) is 0 Å². The lowest BCUT2D eigenvalue weighted by molar-refractivity contribution is -0.116. The van der Waals surface area contributed by atoms with Gasteiger partial charge in [0, 0.05) is 56.8 Å². The Morgan fingerprint density at radius 1 is 1.25 bits per heavy atom. The Bertz CT molecular complexity index is 300. The molecule has 1 saturated heterocycles. The fourth-order valence-electron chi connectivity index (χ4n) is 3.47. The molecule has 1 heterocycles. The summed E-state index contributed by atoms with van der Waals surface area (Å²) in [4.78, 5) is 5.00. The van der Waals surface area contributed by atoms with Gasteiger partial charge in [-0.2, -0.15) is 0 Å². The smallest absolute Gasteiger partial charge is 0.0655 e. The minimum absolute atomic E-state index is 0.270. The largest absolute Gasteiger partial charge is 0.378 e. The molecule has 0 aromatic rings. The lowest BCUT2D eigenvalue weighted by Crippen LogP contribution is -2.63. The molecule has 2 fully saturated rings. The Morgan fingerprint density at radius 2 is 1.90 bits per heavy atom. The van der Waals surface area contributed by atoms with Crippen molar-refractivity contribution in [3.63, 3.8) is 0 Å². The predicted molar refractivity (Wildman–Crippen MR) is 84.1 cm³/mol. The summed E-state index contributed by atoms with van der Waals surface area (Å²) in [5.41, 5.74) is 0.270. The van der Waals surface area contributed by atoms with Gasteiger partial charge in [-0.3, -0.25) is 4.90 Å². The Balaban J connectivity index is 1.71. The van der Waals surface area contributed by atoms with Gasteiger partial charge in [0.1, 0.15) is 0 Å². The van der Waals surface area contributed by atoms with Gasteiger partial charge in [-0.25, -0.2) is 0 Å². The van der Waals surface area contributed by atoms with Crippen molar-refractivity contribution < 1.29 is 4.74 Å². The van der Waals surface area contributed by atoms with Gasteiger partial charge in [0.25, 0.3) is 0 Å². The maximum atomic E-state index is 5.81. The molecule has 1 aliphatic heterocycles. The second kappa shape index (κ2) is 6.73. The van der Waals surface area contributed by atoms with E-state index in [0.29, 0.717) is 18.2 Å². The molecular formula is C16H33N3O. The van der Waals surface area contributed by atoms with E-state index in [-0.39, 0.29) is 5.41 Å². The van der Waals surface area contributed by atoms with E-state index in [2.05, 4.69) is 49.9 Å². The van der Waals surface area contributed by atoms with Crippen molar-refractivity contribution in [3.05, 3.63) is 0 Å². The van der Waals surface area contributed by atoms with Gasteiger partial charge in [-0.1, -0.05) is 13.8 Å². The summed E-state index contributed by atoms with van der Waals surface area (Å²) in [6.45, 7) is 15.9. The average molecular weight is 283 g/mol. The van der Waals surface area contributed by atoms with Crippen LogP contribution in [0.4, 0.5) is 0 Å². The first-order chi connectivity index (χ1) is 9.43. The Hall–Kier alpha value is -0.160. The quantitative estimate of drug-likeness (QED) is 0.798. The molecule has 3 atom stereocenters. The van der Waals surface area contributed by atoms with E-state index in [1.165, 1.54) is 32.7 Å². The molecule has 2 rings (SSSR count). The number of ether oxygens (including phenoxy) is 1. The first-order valence-electron chi connectivity index (χ1n) is 8.22. The van der Waals surface area contributed by atoms with Crippen LogP contribution in [0, 0.1) is 5.41 Å². The summed E-state index contributed by atoms with van der Waals surface area (Å²) in [5.74, 6) is 0. The molecule has 0 aromatic heterocycles. The number of nitrogens with zero attached hydrogens (tertiary/aromatic N) is 2. The molecule has 4 nitrogen and oxygen atoms in total. The number of piperazine rings is 1. The van der Waals surface area contributed by atoms with Crippen LogP contribution in [0.1, 0.15) is 34.1 Å². The second-order valence-corrected chi connectivity index (χ2v) is 7.23. The normalized spacial score (nSPS) is 32.9.